The Morgan fingerprint density at radius 3 is 1.80 bits per heavy atom. The minimum atomic E-state index is -0.932. The van der Waals surface area contributed by atoms with Gasteiger partial charge in [0.05, 0.1) is 72.5 Å². The first-order valence-electron chi connectivity index (χ1n) is 16.2. The van der Waals surface area contributed by atoms with Crippen LogP contribution in [0.3, 0.4) is 0 Å². The van der Waals surface area contributed by atoms with Crippen LogP contribution in [0.2, 0.25) is 0 Å². The average molecular weight is 706 g/mol. The fourth-order valence-electron chi connectivity index (χ4n) is 4.11. The van der Waals surface area contributed by atoms with Crippen molar-refractivity contribution >= 4 is 47.1 Å². The molecule has 50 heavy (non-hydrogen) atoms. The van der Waals surface area contributed by atoms with Gasteiger partial charge in [0.1, 0.15) is 12.6 Å². The van der Waals surface area contributed by atoms with Gasteiger partial charge >= 0.3 is 5.97 Å². The van der Waals surface area contributed by atoms with E-state index in [2.05, 4.69) is 21.3 Å². The summed E-state index contributed by atoms with van der Waals surface area (Å²) in [6.45, 7) is 6.63. The molecular formula is C33H47N5O12. The number of carbonyl (C=O) groups excluding carboxylic acids is 7. The van der Waals surface area contributed by atoms with Gasteiger partial charge in [0.15, 0.2) is 0 Å². The molecule has 0 radical (unpaired) electrons. The van der Waals surface area contributed by atoms with Gasteiger partial charge in [-0.2, -0.15) is 0 Å². The molecule has 0 aliphatic carbocycles. The number of hydrogen-bond donors (Lipinski definition) is 4. The third-order valence-electron chi connectivity index (χ3n) is 6.76. The summed E-state index contributed by atoms with van der Waals surface area (Å²) in [5, 5.41) is 10.2. The molecule has 1 atom stereocenters. The highest BCUT2D eigenvalue weighted by molar-refractivity contribution is 6.12. The van der Waals surface area contributed by atoms with Crippen LogP contribution in [0, 0.1) is 5.92 Å². The number of amides is 6. The van der Waals surface area contributed by atoms with Crippen molar-refractivity contribution in [1.29, 1.82) is 0 Å². The van der Waals surface area contributed by atoms with Crippen LogP contribution >= 0.6 is 0 Å². The quantitative estimate of drug-likeness (QED) is 0.0572. The van der Waals surface area contributed by atoms with Crippen LogP contribution in [0.25, 0.3) is 0 Å². The molecule has 1 aliphatic rings. The first-order valence-corrected chi connectivity index (χ1v) is 16.2. The molecule has 1 aliphatic heterocycles. The van der Waals surface area contributed by atoms with Crippen molar-refractivity contribution in [3.63, 3.8) is 0 Å². The largest absolute Gasteiger partial charge is 0.461 e. The molecule has 2 rings (SSSR count). The van der Waals surface area contributed by atoms with E-state index in [0.29, 0.717) is 38.7 Å². The summed E-state index contributed by atoms with van der Waals surface area (Å²) < 4.78 is 26.4. The Bertz CT molecular complexity index is 1300. The average Bonchev–Trinajstić information content (AvgIpc) is 3.40. The smallest absolute Gasteiger partial charge is 0.302 e. The van der Waals surface area contributed by atoms with Gasteiger partial charge in [-0.15, -0.1) is 0 Å². The van der Waals surface area contributed by atoms with E-state index in [-0.39, 0.29) is 70.2 Å². The molecule has 0 saturated carbocycles. The van der Waals surface area contributed by atoms with E-state index in [1.54, 1.807) is 38.1 Å². The number of nitrogens with one attached hydrogen (secondary N) is 4. The summed E-state index contributed by atoms with van der Waals surface area (Å²) in [5.74, 6) is -3.39. The van der Waals surface area contributed by atoms with Crippen molar-refractivity contribution in [2.45, 2.75) is 39.8 Å². The third kappa shape index (κ3) is 17.6. The van der Waals surface area contributed by atoms with Crippen molar-refractivity contribution in [3.05, 3.63) is 42.0 Å². The van der Waals surface area contributed by atoms with Gasteiger partial charge in [-0.25, -0.2) is 0 Å². The van der Waals surface area contributed by atoms with Crippen LogP contribution in [-0.2, 0) is 63.9 Å². The standard InChI is InChI=1S/C33H47N5O12/c1-23(2)32(33(45)35-21-28(41)36-26-6-4-25(5-7-26)22-50-24(3)39)37-29(42)20-34-27(40)10-12-46-14-16-48-18-19-49-17-15-47-13-11-38-30(43)8-9-31(38)44/h4-9,23,32H,10-22H2,1-3H3,(H,34,40)(H,35,45)(H,36,41)(H,37,42). The number of nitrogens with zero attached hydrogens (tertiary/aromatic N) is 1. The number of esters is 1. The van der Waals surface area contributed by atoms with Gasteiger partial charge in [-0.05, 0) is 23.6 Å². The molecule has 0 aromatic heterocycles. The fraction of sp³-hybridized carbons (Fsp3) is 0.545. The normalized spacial score (nSPS) is 12.9. The molecule has 0 spiro atoms. The number of hydrogen-bond acceptors (Lipinski definition) is 12. The molecule has 17 nitrogen and oxygen atoms in total. The van der Waals surface area contributed by atoms with Crippen molar-refractivity contribution in [1.82, 2.24) is 20.9 Å². The molecule has 0 bridgehead atoms. The number of carbonyl (C=O) groups is 7. The highest BCUT2D eigenvalue weighted by Crippen LogP contribution is 2.10. The van der Waals surface area contributed by atoms with Crippen LogP contribution < -0.4 is 21.3 Å². The highest BCUT2D eigenvalue weighted by Gasteiger charge is 2.25. The number of rotatable bonds is 25. The summed E-state index contributed by atoms with van der Waals surface area (Å²) in [5.41, 5.74) is 1.24. The van der Waals surface area contributed by atoms with Crippen molar-refractivity contribution in [2.24, 2.45) is 5.92 Å². The Balaban J connectivity index is 1.47. The monoisotopic (exact) mass is 705 g/mol. The molecule has 1 heterocycles. The molecule has 276 valence electrons. The van der Waals surface area contributed by atoms with Crippen LogP contribution in [0.5, 0.6) is 0 Å². The lowest BCUT2D eigenvalue weighted by molar-refractivity contribution is -0.142. The van der Waals surface area contributed by atoms with Gasteiger partial charge in [-0.1, -0.05) is 26.0 Å². The molecule has 1 aromatic carbocycles. The molecule has 4 N–H and O–H groups in total. The van der Waals surface area contributed by atoms with Crippen molar-refractivity contribution < 1.29 is 57.2 Å². The molecular weight excluding hydrogens is 658 g/mol. The lowest BCUT2D eigenvalue weighted by Crippen LogP contribution is -2.52. The topological polar surface area (TPSA) is 217 Å². The second-order valence-electron chi connectivity index (χ2n) is 11.2. The van der Waals surface area contributed by atoms with Crippen molar-refractivity contribution in [2.75, 3.05) is 77.8 Å². The van der Waals surface area contributed by atoms with Gasteiger partial charge in [0.25, 0.3) is 11.8 Å². The Labute approximate surface area is 290 Å². The van der Waals surface area contributed by atoms with E-state index in [0.717, 1.165) is 10.5 Å². The Hall–Kier alpha value is -4.71. The lowest BCUT2D eigenvalue weighted by atomic mass is 10.0. The summed E-state index contributed by atoms with van der Waals surface area (Å²) >= 11 is 0. The first-order chi connectivity index (χ1) is 24.0. The third-order valence-corrected chi connectivity index (χ3v) is 6.76. The van der Waals surface area contributed by atoms with Gasteiger partial charge < -0.3 is 45.0 Å². The van der Waals surface area contributed by atoms with Crippen LogP contribution in [-0.4, -0.2) is 125 Å². The minimum absolute atomic E-state index is 0.0190. The number of ether oxygens (including phenoxy) is 5. The van der Waals surface area contributed by atoms with Crippen LogP contribution in [0.1, 0.15) is 32.8 Å². The van der Waals surface area contributed by atoms with E-state index < -0.39 is 35.6 Å². The molecule has 6 amide bonds. The number of anilines is 1. The van der Waals surface area contributed by atoms with E-state index in [1.807, 2.05) is 0 Å². The maximum atomic E-state index is 12.7. The van der Waals surface area contributed by atoms with Crippen molar-refractivity contribution in [3.8, 4) is 0 Å². The van der Waals surface area contributed by atoms with Gasteiger partial charge in [0.2, 0.25) is 23.6 Å². The van der Waals surface area contributed by atoms with Crippen LogP contribution in [0.15, 0.2) is 36.4 Å². The zero-order valence-electron chi connectivity index (χ0n) is 28.7. The number of benzene rings is 1. The summed E-state index contributed by atoms with van der Waals surface area (Å²) in [6, 6.07) is 5.73. The van der Waals surface area contributed by atoms with Crippen LogP contribution in [0.4, 0.5) is 5.69 Å². The maximum Gasteiger partial charge on any atom is 0.302 e. The Morgan fingerprint density at radius 1 is 0.700 bits per heavy atom. The zero-order valence-corrected chi connectivity index (χ0v) is 28.7. The molecule has 17 heteroatoms. The van der Waals surface area contributed by atoms with E-state index in [9.17, 15) is 33.6 Å². The zero-order chi connectivity index (χ0) is 36.7. The Kier molecular flexibility index (Phi) is 19.6. The van der Waals surface area contributed by atoms with Gasteiger partial charge in [-0.3, -0.25) is 38.5 Å². The molecule has 1 unspecified atom stereocenters. The minimum Gasteiger partial charge on any atom is -0.461 e. The molecule has 0 saturated heterocycles. The second kappa shape index (κ2) is 23.6. The predicted molar refractivity (Wildman–Crippen MR) is 177 cm³/mol. The van der Waals surface area contributed by atoms with E-state index >= 15 is 0 Å². The second-order valence-corrected chi connectivity index (χ2v) is 11.2. The fourth-order valence-corrected chi connectivity index (χ4v) is 4.11. The maximum absolute atomic E-state index is 12.7. The summed E-state index contributed by atoms with van der Waals surface area (Å²) in [4.78, 5) is 84.4. The van der Waals surface area contributed by atoms with Gasteiger partial charge in [0, 0.05) is 31.2 Å². The summed E-state index contributed by atoms with van der Waals surface area (Å²) in [7, 11) is 0. The predicted octanol–water partition coefficient (Wildman–Crippen LogP) is -0.557. The SMILES string of the molecule is CC(=O)OCc1ccc(NC(=O)CNC(=O)C(NC(=O)CNC(=O)CCOCCOCCOCCOCCN2C(=O)C=CC2=O)C(C)C)cc1. The summed E-state index contributed by atoms with van der Waals surface area (Å²) in [6.07, 6.45) is 2.47. The molecule has 0 fully saturated rings. The first kappa shape index (κ1) is 41.5. The lowest BCUT2D eigenvalue weighted by Gasteiger charge is -2.21. The highest BCUT2D eigenvalue weighted by atomic mass is 16.6. The molecule has 1 aromatic rings. The van der Waals surface area contributed by atoms with E-state index in [4.69, 9.17) is 23.7 Å². The number of imide groups is 1. The van der Waals surface area contributed by atoms with E-state index in [1.165, 1.54) is 19.1 Å². The Morgan fingerprint density at radius 2 is 1.24 bits per heavy atom.